The molecule has 0 radical (unpaired) electrons. The first-order valence-electron chi connectivity index (χ1n) is 9.01. The fourth-order valence-electron chi connectivity index (χ4n) is 4.29. The van der Waals surface area contributed by atoms with Gasteiger partial charge < -0.3 is 14.5 Å². The zero-order valence-electron chi connectivity index (χ0n) is 14.6. The molecule has 0 bridgehead atoms. The number of aliphatic carboxylic acids is 1. The van der Waals surface area contributed by atoms with E-state index >= 15 is 0 Å². The lowest BCUT2D eigenvalue weighted by Crippen LogP contribution is -2.46. The fourth-order valence-corrected chi connectivity index (χ4v) is 4.29. The van der Waals surface area contributed by atoms with Crippen LogP contribution in [0.5, 0.6) is 0 Å². The van der Waals surface area contributed by atoms with Crippen molar-refractivity contribution in [3.63, 3.8) is 0 Å². The van der Waals surface area contributed by atoms with Gasteiger partial charge in [0.05, 0.1) is 0 Å². The fraction of sp³-hybridized carbons (Fsp3) is 0.474. The predicted molar refractivity (Wildman–Crippen MR) is 92.4 cm³/mol. The van der Waals surface area contributed by atoms with Crippen molar-refractivity contribution >= 4 is 11.9 Å². The Balaban J connectivity index is 1.60. The van der Waals surface area contributed by atoms with Crippen LogP contribution in [0.1, 0.15) is 48.3 Å². The molecule has 7 nitrogen and oxygen atoms in total. The van der Waals surface area contributed by atoms with Crippen molar-refractivity contribution in [1.82, 2.24) is 15.0 Å². The second-order valence-electron chi connectivity index (χ2n) is 7.14. The summed E-state index contributed by atoms with van der Waals surface area (Å²) in [4.78, 5) is 30.6. The Morgan fingerprint density at radius 2 is 1.92 bits per heavy atom. The average molecular weight is 355 g/mol. The summed E-state index contributed by atoms with van der Waals surface area (Å²) in [5.74, 6) is 0.128. The van der Waals surface area contributed by atoms with E-state index in [9.17, 15) is 14.7 Å². The number of likely N-dealkylation sites (tertiary alicyclic amines) is 1. The molecule has 1 amide bonds. The van der Waals surface area contributed by atoms with Crippen LogP contribution < -0.4 is 0 Å². The molecular weight excluding hydrogens is 334 g/mol. The molecule has 1 aliphatic carbocycles. The topological polar surface area (TPSA) is 96.5 Å². The van der Waals surface area contributed by atoms with Crippen LogP contribution in [0.2, 0.25) is 0 Å². The third kappa shape index (κ3) is 2.87. The minimum atomic E-state index is -0.911. The van der Waals surface area contributed by atoms with Gasteiger partial charge in [-0.3, -0.25) is 4.79 Å². The molecule has 4 rings (SSSR count). The van der Waals surface area contributed by atoms with E-state index in [1.165, 1.54) is 0 Å². The summed E-state index contributed by atoms with van der Waals surface area (Å²) in [5.41, 5.74) is 1.22. The highest BCUT2D eigenvalue weighted by Gasteiger charge is 2.47. The van der Waals surface area contributed by atoms with E-state index in [0.717, 1.165) is 31.2 Å². The molecular formula is C19H21N3O4. The van der Waals surface area contributed by atoms with Gasteiger partial charge in [0, 0.05) is 17.2 Å². The maximum Gasteiger partial charge on any atom is 0.326 e. The van der Waals surface area contributed by atoms with Crippen LogP contribution >= 0.6 is 0 Å². The van der Waals surface area contributed by atoms with Crippen molar-refractivity contribution in [3.05, 3.63) is 35.7 Å². The van der Waals surface area contributed by atoms with Crippen LogP contribution in [-0.4, -0.2) is 44.1 Å². The summed E-state index contributed by atoms with van der Waals surface area (Å²) < 4.78 is 5.14. The van der Waals surface area contributed by atoms with Crippen LogP contribution in [0, 0.1) is 12.8 Å². The van der Waals surface area contributed by atoms with Gasteiger partial charge in [0.1, 0.15) is 6.04 Å². The molecule has 1 aromatic heterocycles. The summed E-state index contributed by atoms with van der Waals surface area (Å²) in [6.45, 7) is 1.74. The summed E-state index contributed by atoms with van der Waals surface area (Å²) >= 11 is 0. The Kier molecular flexibility index (Phi) is 4.22. The number of amides is 1. The molecule has 2 fully saturated rings. The summed E-state index contributed by atoms with van der Waals surface area (Å²) in [6, 6.07) is 6.22. The first-order chi connectivity index (χ1) is 12.5. The summed E-state index contributed by atoms with van der Waals surface area (Å²) in [5, 5.41) is 13.4. The van der Waals surface area contributed by atoms with Crippen LogP contribution in [0.15, 0.2) is 28.8 Å². The third-order valence-electron chi connectivity index (χ3n) is 5.51. The number of carbonyl (C=O) groups excluding carboxylic acids is 1. The van der Waals surface area contributed by atoms with Crippen molar-refractivity contribution in [2.75, 3.05) is 0 Å². The minimum absolute atomic E-state index is 0.0376. The number of benzene rings is 1. The molecule has 1 saturated heterocycles. The standard InChI is InChI=1S/C19H21N3O4/c1-11-20-17(26-21-11)12-6-8-13(9-7-12)18(23)22-15-5-3-2-4-14(15)10-16(22)19(24)25/h6-9,14-16H,2-5,10H2,1H3,(H,24,25)/t14-,15+,16+/m1/s1. The molecule has 2 heterocycles. The number of nitrogens with zero attached hydrogens (tertiary/aromatic N) is 3. The highest BCUT2D eigenvalue weighted by Crippen LogP contribution is 2.40. The van der Waals surface area contributed by atoms with Crippen LogP contribution in [0.25, 0.3) is 11.5 Å². The third-order valence-corrected chi connectivity index (χ3v) is 5.51. The van der Waals surface area contributed by atoms with E-state index in [4.69, 9.17) is 4.52 Å². The Morgan fingerprint density at radius 3 is 2.58 bits per heavy atom. The van der Waals surface area contributed by atoms with Crippen molar-refractivity contribution in [1.29, 1.82) is 0 Å². The van der Waals surface area contributed by atoms with Crippen molar-refractivity contribution in [2.24, 2.45) is 5.92 Å². The van der Waals surface area contributed by atoms with Gasteiger partial charge in [-0.05, 0) is 56.4 Å². The van der Waals surface area contributed by atoms with Gasteiger partial charge in [0.15, 0.2) is 5.82 Å². The molecule has 2 aromatic rings. The molecule has 0 spiro atoms. The zero-order valence-corrected chi connectivity index (χ0v) is 14.6. The van der Waals surface area contributed by atoms with Gasteiger partial charge in [0.25, 0.3) is 11.8 Å². The molecule has 3 atom stereocenters. The predicted octanol–water partition coefficient (Wildman–Crippen LogP) is 2.90. The summed E-state index contributed by atoms with van der Waals surface area (Å²) in [6.07, 6.45) is 4.62. The van der Waals surface area contributed by atoms with E-state index in [1.807, 2.05) is 0 Å². The highest BCUT2D eigenvalue weighted by molar-refractivity contribution is 5.97. The molecule has 136 valence electrons. The van der Waals surface area contributed by atoms with Gasteiger partial charge in [-0.2, -0.15) is 4.98 Å². The van der Waals surface area contributed by atoms with Gasteiger partial charge in [-0.1, -0.05) is 18.0 Å². The lowest BCUT2D eigenvalue weighted by molar-refractivity contribution is -0.141. The number of aryl methyl sites for hydroxylation is 1. The van der Waals surface area contributed by atoms with Gasteiger partial charge in [0.2, 0.25) is 0 Å². The number of carboxylic acid groups (broad SMARTS) is 1. The molecule has 1 N–H and O–H groups in total. The quantitative estimate of drug-likeness (QED) is 0.909. The van der Waals surface area contributed by atoms with E-state index < -0.39 is 12.0 Å². The smallest absolute Gasteiger partial charge is 0.326 e. The van der Waals surface area contributed by atoms with Crippen molar-refractivity contribution < 1.29 is 19.2 Å². The minimum Gasteiger partial charge on any atom is -0.480 e. The first kappa shape index (κ1) is 16.8. The number of fused-ring (bicyclic) bond motifs is 1. The maximum atomic E-state index is 13.1. The van der Waals surface area contributed by atoms with Crippen molar-refractivity contribution in [2.45, 2.75) is 51.1 Å². The second kappa shape index (κ2) is 6.55. The molecule has 7 heteroatoms. The summed E-state index contributed by atoms with van der Waals surface area (Å²) in [7, 11) is 0. The molecule has 1 saturated carbocycles. The zero-order chi connectivity index (χ0) is 18.3. The second-order valence-corrected chi connectivity index (χ2v) is 7.14. The Labute approximate surface area is 151 Å². The van der Waals surface area contributed by atoms with Gasteiger partial charge in [-0.25, -0.2) is 4.79 Å². The largest absolute Gasteiger partial charge is 0.480 e. The Morgan fingerprint density at radius 1 is 1.19 bits per heavy atom. The number of carbonyl (C=O) groups is 2. The van der Waals surface area contributed by atoms with Gasteiger partial charge in [-0.15, -0.1) is 0 Å². The average Bonchev–Trinajstić information content (AvgIpc) is 3.25. The monoisotopic (exact) mass is 355 g/mol. The van der Waals surface area contributed by atoms with E-state index in [2.05, 4.69) is 10.1 Å². The van der Waals surface area contributed by atoms with Gasteiger partial charge >= 0.3 is 5.97 Å². The van der Waals surface area contributed by atoms with Crippen molar-refractivity contribution in [3.8, 4) is 11.5 Å². The van der Waals surface area contributed by atoms with E-state index in [-0.39, 0.29) is 11.9 Å². The highest BCUT2D eigenvalue weighted by atomic mass is 16.5. The molecule has 1 aliphatic heterocycles. The molecule has 2 aliphatic rings. The molecule has 0 unspecified atom stereocenters. The number of aromatic nitrogens is 2. The molecule has 1 aromatic carbocycles. The van der Waals surface area contributed by atoms with Crippen LogP contribution in [0.3, 0.4) is 0 Å². The molecule has 26 heavy (non-hydrogen) atoms. The SMILES string of the molecule is Cc1noc(-c2ccc(C(=O)N3[C@H](C(=O)O)C[C@H]4CCCC[C@@H]43)cc2)n1. The van der Waals surface area contributed by atoms with E-state index in [1.54, 1.807) is 36.1 Å². The Bertz CT molecular complexity index is 830. The lowest BCUT2D eigenvalue weighted by Gasteiger charge is -2.33. The lowest BCUT2D eigenvalue weighted by atomic mass is 9.84. The maximum absolute atomic E-state index is 13.1. The Hall–Kier alpha value is -2.70. The first-order valence-corrected chi connectivity index (χ1v) is 9.01. The van der Waals surface area contributed by atoms with Crippen LogP contribution in [0.4, 0.5) is 0 Å². The number of hydrogen-bond donors (Lipinski definition) is 1. The number of rotatable bonds is 3. The number of carboxylic acids is 1. The van der Waals surface area contributed by atoms with E-state index in [0.29, 0.717) is 29.6 Å². The van der Waals surface area contributed by atoms with Crippen LogP contribution in [-0.2, 0) is 4.79 Å². The normalized spacial score (nSPS) is 25.1. The number of hydrogen-bond acceptors (Lipinski definition) is 5.